The van der Waals surface area contributed by atoms with E-state index in [1.54, 1.807) is 24.3 Å². The van der Waals surface area contributed by atoms with Gasteiger partial charge in [-0.3, -0.25) is 0 Å². The van der Waals surface area contributed by atoms with E-state index < -0.39 is 12.3 Å². The molecule has 7 rings (SSSR count). The molecular weight excluding hydrogens is 911 g/mol. The number of nitrogens with zero attached hydrogens (tertiary/aromatic N) is 2. The van der Waals surface area contributed by atoms with Crippen molar-refractivity contribution in [2.45, 2.75) is 132 Å². The van der Waals surface area contributed by atoms with Gasteiger partial charge in [-0.15, -0.1) is 0 Å². The number of rotatable bonds is 10. The Morgan fingerprint density at radius 3 is 1.12 bits per heavy atom. The maximum absolute atomic E-state index is 12.1. The Morgan fingerprint density at radius 2 is 0.768 bits per heavy atom. The number of para-hydroxylation sites is 2. The van der Waals surface area contributed by atoms with Crippen LogP contribution >= 0.6 is 0 Å². The van der Waals surface area contributed by atoms with Crippen LogP contribution in [0, 0.1) is 13.8 Å². The second-order valence-electron chi connectivity index (χ2n) is 19.1. The predicted molar refractivity (Wildman–Crippen MR) is 272 cm³/mol. The number of carbonyl (C=O) groups is 2. The summed E-state index contributed by atoms with van der Waals surface area (Å²) in [6.07, 6.45) is -2.91. The van der Waals surface area contributed by atoms with Gasteiger partial charge in [0, 0.05) is 16.5 Å². The van der Waals surface area contributed by atoms with Gasteiger partial charge in [0.1, 0.15) is 11.5 Å². The number of ether oxygens (including phenoxy) is 2. The first-order chi connectivity index (χ1) is 32.0. The molecule has 0 spiro atoms. The Bertz CT molecular complexity index is 2740. The quantitative estimate of drug-likeness (QED) is 0.0778. The van der Waals surface area contributed by atoms with Crippen LogP contribution in [0.5, 0.6) is 23.0 Å². The first kappa shape index (κ1) is 55.2. The van der Waals surface area contributed by atoms with Crippen LogP contribution in [0.2, 0.25) is 0 Å². The van der Waals surface area contributed by atoms with Gasteiger partial charge >= 0.3 is 28.8 Å². The fourth-order valence-electron chi connectivity index (χ4n) is 8.45. The van der Waals surface area contributed by atoms with Crippen molar-refractivity contribution < 1.29 is 56.0 Å². The third kappa shape index (κ3) is 12.6. The summed E-state index contributed by atoms with van der Waals surface area (Å²) < 4.78 is 9.26. The smallest absolute Gasteiger partial charge is 0.870 e. The van der Waals surface area contributed by atoms with Crippen LogP contribution < -0.4 is 19.7 Å². The van der Waals surface area contributed by atoms with Crippen molar-refractivity contribution in [3.8, 4) is 23.0 Å². The molecule has 0 saturated heterocycles. The Hall–Kier alpha value is -6.45. The third-order valence-corrected chi connectivity index (χ3v) is 12.1. The minimum absolute atomic E-state index is 0. The van der Waals surface area contributed by atoms with Gasteiger partial charge in [-0.05, 0) is 99.2 Å². The second-order valence-corrected chi connectivity index (χ2v) is 19.1. The molecule has 0 unspecified atom stereocenters. The minimum atomic E-state index is -1.45. The van der Waals surface area contributed by atoms with Gasteiger partial charge in [0.2, 0.25) is 0 Å². The standard InChI is InChI=1S/C32H32N2.2C13H18O4.Ni/c1-19(2)24-15-10-16-25(20(3)4)30(24)34-32-27-18-9-14-23-13-8-17-26(28(23)27)31(32)33-29-21(5)11-7-12-22(29)6;2*1-7(2)9-5-6-10(8(3)4)12(11(9)14)17-13(15)16;/h7-20H,1-6H3;2*5-8,14H,1-4H3,(H,15,16);/q;;;+2/p-2. The molecule has 1 aliphatic rings. The zero-order valence-corrected chi connectivity index (χ0v) is 43.2. The Kier molecular flexibility index (Phi) is 19.0. The van der Waals surface area contributed by atoms with Crippen molar-refractivity contribution in [2.75, 3.05) is 0 Å². The van der Waals surface area contributed by atoms with E-state index in [1.165, 1.54) is 44.2 Å². The Labute approximate surface area is 418 Å². The molecule has 0 bridgehead atoms. The van der Waals surface area contributed by atoms with Gasteiger partial charge in [0.05, 0.1) is 22.8 Å². The normalized spacial score (nSPS) is 13.0. The molecule has 6 aromatic carbocycles. The molecule has 0 aliphatic heterocycles. The van der Waals surface area contributed by atoms with Gasteiger partial charge in [-0.25, -0.2) is 19.6 Å². The zero-order chi connectivity index (χ0) is 50.3. The summed E-state index contributed by atoms with van der Waals surface area (Å²) in [5.41, 5.74) is 13.8. The first-order valence-electron chi connectivity index (χ1n) is 23.4. The van der Waals surface area contributed by atoms with E-state index in [9.17, 15) is 19.8 Å². The van der Waals surface area contributed by atoms with E-state index in [0.717, 1.165) is 22.8 Å². The van der Waals surface area contributed by atoms with E-state index in [4.69, 9.17) is 20.2 Å². The van der Waals surface area contributed by atoms with Crippen molar-refractivity contribution in [1.82, 2.24) is 0 Å². The Morgan fingerprint density at radius 1 is 0.449 bits per heavy atom. The molecule has 0 fully saturated rings. The van der Waals surface area contributed by atoms with Gasteiger partial charge < -0.3 is 29.9 Å². The molecule has 69 heavy (non-hydrogen) atoms. The number of aliphatic imine (C=N–C) groups is 2. The van der Waals surface area contributed by atoms with Crippen molar-refractivity contribution in [3.05, 3.63) is 153 Å². The minimum Gasteiger partial charge on any atom is -0.870 e. The maximum atomic E-state index is 12.1. The van der Waals surface area contributed by atoms with Gasteiger partial charge in [0.15, 0.2) is 0 Å². The largest absolute Gasteiger partial charge is 2.00 e. The van der Waals surface area contributed by atoms with Crippen LogP contribution in [0.3, 0.4) is 0 Å². The molecule has 2 N–H and O–H groups in total. The number of hydrogen-bond donors (Lipinski definition) is 2. The molecule has 0 amide bonds. The summed E-state index contributed by atoms with van der Waals surface area (Å²) in [5.74, 6) is 0.170. The molecule has 1 aliphatic carbocycles. The Balaban J connectivity index is 0.000000250. The summed E-state index contributed by atoms with van der Waals surface area (Å²) in [7, 11) is 0. The summed E-state index contributed by atoms with van der Waals surface area (Å²) in [6.45, 7) is 28.4. The average Bonchev–Trinajstić information content (AvgIpc) is 3.55. The van der Waals surface area contributed by atoms with Crippen molar-refractivity contribution in [2.24, 2.45) is 9.98 Å². The van der Waals surface area contributed by atoms with E-state index in [1.807, 2.05) is 55.4 Å². The maximum Gasteiger partial charge on any atom is 2.00 e. The molecule has 366 valence electrons. The van der Waals surface area contributed by atoms with Gasteiger partial charge in [-0.1, -0.05) is 192 Å². The summed E-state index contributed by atoms with van der Waals surface area (Å²) in [6, 6.07) is 33.0. The van der Waals surface area contributed by atoms with E-state index in [-0.39, 0.29) is 63.2 Å². The second kappa shape index (κ2) is 23.7. The predicted octanol–water partition coefficient (Wildman–Crippen LogP) is 15.1. The SMILES string of the molecule is CC(C)c1ccc(C(C)C)c(OC(=O)O)c1[O-].CC(C)c1ccc(C(C)C)c(OC(=O)O)c1[O-].Cc1cccc(C)c1N=C1C(=Nc2c(C(C)C)cccc2C(C)C)c2cccc3cccc1c23.[Ni+2]. The zero-order valence-electron chi connectivity index (χ0n) is 42.3. The topological polar surface area (TPSA) is 164 Å². The van der Waals surface area contributed by atoms with Gasteiger partial charge in [0.25, 0.3) is 0 Å². The van der Waals surface area contributed by atoms with E-state index in [0.29, 0.717) is 34.1 Å². The van der Waals surface area contributed by atoms with Crippen molar-refractivity contribution in [3.63, 3.8) is 0 Å². The molecular formula is C58H66N2NiO8. The van der Waals surface area contributed by atoms with Crippen molar-refractivity contribution >= 4 is 45.9 Å². The first-order valence-corrected chi connectivity index (χ1v) is 23.4. The fourth-order valence-corrected chi connectivity index (χ4v) is 8.45. The molecule has 0 saturated carbocycles. The average molecular weight is 978 g/mol. The van der Waals surface area contributed by atoms with Crippen LogP contribution in [-0.2, 0) is 16.5 Å². The molecule has 0 aromatic heterocycles. The van der Waals surface area contributed by atoms with Crippen LogP contribution in [0.25, 0.3) is 10.8 Å². The molecule has 0 radical (unpaired) electrons. The third-order valence-electron chi connectivity index (χ3n) is 12.1. The van der Waals surface area contributed by atoms with Crippen molar-refractivity contribution in [1.29, 1.82) is 0 Å². The van der Waals surface area contributed by atoms with Gasteiger partial charge in [-0.2, -0.15) is 0 Å². The van der Waals surface area contributed by atoms with E-state index in [2.05, 4.69) is 124 Å². The van der Waals surface area contributed by atoms with Crippen LogP contribution in [0.15, 0.2) is 107 Å². The molecule has 11 heteroatoms. The number of benzene rings is 6. The number of aryl methyl sites for hydroxylation is 2. The number of carboxylic acid groups (broad SMARTS) is 2. The summed E-state index contributed by atoms with van der Waals surface area (Å²) in [5, 5.41) is 44.0. The van der Waals surface area contributed by atoms with E-state index >= 15 is 0 Å². The molecule has 6 aromatic rings. The number of hydrogen-bond acceptors (Lipinski definition) is 8. The monoisotopic (exact) mass is 976 g/mol. The van der Waals surface area contributed by atoms with Crippen LogP contribution in [-0.4, -0.2) is 33.9 Å². The van der Waals surface area contributed by atoms with Crippen LogP contribution in [0.1, 0.15) is 174 Å². The van der Waals surface area contributed by atoms with Crippen LogP contribution in [0.4, 0.5) is 21.0 Å². The summed E-state index contributed by atoms with van der Waals surface area (Å²) in [4.78, 5) is 32.0. The summed E-state index contributed by atoms with van der Waals surface area (Å²) >= 11 is 0. The molecule has 0 heterocycles. The molecule has 0 atom stereocenters. The molecule has 10 nitrogen and oxygen atoms in total. The fraction of sp³-hybridized carbons (Fsp3) is 0.345.